The molecule has 1 aromatic rings. The van der Waals surface area contributed by atoms with Crippen molar-refractivity contribution in [3.8, 4) is 0 Å². The largest absolute Gasteiger partial charge is 0.416 e. The highest BCUT2D eigenvalue weighted by Crippen LogP contribution is 2.34. The lowest BCUT2D eigenvalue weighted by atomic mass is 9.79. The van der Waals surface area contributed by atoms with Crippen LogP contribution in [0.15, 0.2) is 24.3 Å². The van der Waals surface area contributed by atoms with Gasteiger partial charge in [-0.15, -0.1) is 0 Å². The predicted molar refractivity (Wildman–Crippen MR) is 62.4 cm³/mol. The third-order valence-electron chi connectivity index (χ3n) is 3.45. The monoisotopic (exact) mass is 245 g/mol. The molecule has 96 valence electrons. The average Bonchev–Trinajstić information content (AvgIpc) is 2.27. The molecule has 17 heavy (non-hydrogen) atoms. The number of hydrogen-bond donors (Lipinski definition) is 1. The predicted octanol–water partition coefficient (Wildman–Crippen LogP) is 3.93. The highest BCUT2D eigenvalue weighted by Gasteiger charge is 2.33. The molecule has 4 heteroatoms. The van der Waals surface area contributed by atoms with Crippen LogP contribution in [0.4, 0.5) is 13.2 Å². The van der Waals surface area contributed by atoms with E-state index in [0.29, 0.717) is 5.56 Å². The molecular weight excluding hydrogens is 227 g/mol. The molecule has 0 aliphatic heterocycles. The second-order valence-corrected chi connectivity index (χ2v) is 4.67. The minimum atomic E-state index is -4.32. The van der Waals surface area contributed by atoms with Gasteiger partial charge in [0.05, 0.1) is 5.56 Å². The van der Waals surface area contributed by atoms with Gasteiger partial charge in [-0.1, -0.05) is 32.4 Å². The van der Waals surface area contributed by atoms with Crippen LogP contribution < -0.4 is 5.73 Å². The summed E-state index contributed by atoms with van der Waals surface area (Å²) in [7, 11) is 0. The zero-order valence-electron chi connectivity index (χ0n) is 10.3. The van der Waals surface area contributed by atoms with Crippen LogP contribution in [0.2, 0.25) is 0 Å². The third-order valence-corrected chi connectivity index (χ3v) is 3.45. The topological polar surface area (TPSA) is 26.0 Å². The lowest BCUT2D eigenvalue weighted by Crippen LogP contribution is -2.39. The van der Waals surface area contributed by atoms with Crippen LogP contribution in [0.3, 0.4) is 0 Å². The van der Waals surface area contributed by atoms with Crippen molar-refractivity contribution in [2.45, 2.75) is 38.9 Å². The number of benzene rings is 1. The fourth-order valence-corrected chi connectivity index (χ4v) is 1.74. The van der Waals surface area contributed by atoms with Crippen molar-refractivity contribution in [1.29, 1.82) is 0 Å². The molecule has 0 aliphatic rings. The maximum absolute atomic E-state index is 12.6. The maximum Gasteiger partial charge on any atom is 0.416 e. The van der Waals surface area contributed by atoms with Gasteiger partial charge in [0.15, 0.2) is 0 Å². The Kier molecular flexibility index (Phi) is 3.87. The van der Waals surface area contributed by atoms with Crippen molar-refractivity contribution >= 4 is 0 Å². The van der Waals surface area contributed by atoms with E-state index in [1.807, 2.05) is 13.8 Å². The molecule has 0 aliphatic carbocycles. The number of halogens is 3. The molecule has 0 saturated heterocycles. The quantitative estimate of drug-likeness (QED) is 0.858. The van der Waals surface area contributed by atoms with Crippen LogP contribution >= 0.6 is 0 Å². The van der Waals surface area contributed by atoms with Crippen molar-refractivity contribution < 1.29 is 13.2 Å². The normalized spacial score (nSPS) is 17.6. The van der Waals surface area contributed by atoms with Crippen molar-refractivity contribution in [2.75, 3.05) is 0 Å². The molecule has 2 atom stereocenters. The Bertz CT molecular complexity index is 382. The summed E-state index contributed by atoms with van der Waals surface area (Å²) in [4.78, 5) is 0. The van der Waals surface area contributed by atoms with E-state index in [1.54, 1.807) is 13.0 Å². The molecule has 2 unspecified atom stereocenters. The standard InChI is InChI=1S/C13H18F3N/c1-4-9(2)12(3,17)10-6-5-7-11(8-10)13(14,15)16/h5-9H,4,17H2,1-3H3. The molecule has 0 fully saturated rings. The third kappa shape index (κ3) is 3.00. The lowest BCUT2D eigenvalue weighted by molar-refractivity contribution is -0.137. The van der Waals surface area contributed by atoms with Crippen LogP contribution in [0, 0.1) is 5.92 Å². The van der Waals surface area contributed by atoms with Gasteiger partial charge in [0, 0.05) is 5.54 Å². The van der Waals surface area contributed by atoms with Gasteiger partial charge < -0.3 is 5.73 Å². The zero-order valence-corrected chi connectivity index (χ0v) is 10.3. The molecule has 0 saturated carbocycles. The summed E-state index contributed by atoms with van der Waals surface area (Å²) in [6.45, 7) is 5.69. The van der Waals surface area contributed by atoms with Gasteiger partial charge in [-0.2, -0.15) is 13.2 Å². The Morgan fingerprint density at radius 3 is 2.24 bits per heavy atom. The van der Waals surface area contributed by atoms with E-state index in [-0.39, 0.29) is 5.92 Å². The number of nitrogens with two attached hydrogens (primary N) is 1. The second-order valence-electron chi connectivity index (χ2n) is 4.67. The maximum atomic E-state index is 12.6. The van der Waals surface area contributed by atoms with Crippen LogP contribution in [0.25, 0.3) is 0 Å². The van der Waals surface area contributed by atoms with Gasteiger partial charge in [0.25, 0.3) is 0 Å². The summed E-state index contributed by atoms with van der Waals surface area (Å²) < 4.78 is 37.8. The Hall–Kier alpha value is -1.03. The second kappa shape index (κ2) is 4.69. The Balaban J connectivity index is 3.16. The van der Waals surface area contributed by atoms with E-state index in [0.717, 1.165) is 18.6 Å². The SMILES string of the molecule is CCC(C)C(C)(N)c1cccc(C(F)(F)F)c1. The molecular formula is C13H18F3N. The van der Waals surface area contributed by atoms with Crippen molar-refractivity contribution in [3.05, 3.63) is 35.4 Å². The molecule has 0 radical (unpaired) electrons. The number of rotatable bonds is 3. The van der Waals surface area contributed by atoms with E-state index < -0.39 is 17.3 Å². The van der Waals surface area contributed by atoms with Crippen LogP contribution in [-0.4, -0.2) is 0 Å². The van der Waals surface area contributed by atoms with Crippen molar-refractivity contribution in [2.24, 2.45) is 11.7 Å². The Morgan fingerprint density at radius 1 is 1.24 bits per heavy atom. The van der Waals surface area contributed by atoms with E-state index >= 15 is 0 Å². The minimum Gasteiger partial charge on any atom is -0.321 e. The number of hydrogen-bond acceptors (Lipinski definition) is 1. The van der Waals surface area contributed by atoms with E-state index in [1.165, 1.54) is 6.07 Å². The number of alkyl halides is 3. The minimum absolute atomic E-state index is 0.117. The molecule has 0 spiro atoms. The first-order chi connectivity index (χ1) is 7.69. The highest BCUT2D eigenvalue weighted by atomic mass is 19.4. The van der Waals surface area contributed by atoms with Gasteiger partial charge in [-0.25, -0.2) is 0 Å². The summed E-state index contributed by atoms with van der Waals surface area (Å²) in [5, 5.41) is 0. The summed E-state index contributed by atoms with van der Waals surface area (Å²) in [6, 6.07) is 5.27. The fraction of sp³-hybridized carbons (Fsp3) is 0.538. The Labute approximate surface area is 99.8 Å². The van der Waals surface area contributed by atoms with Crippen LogP contribution in [0.1, 0.15) is 38.3 Å². The van der Waals surface area contributed by atoms with E-state index in [9.17, 15) is 13.2 Å². The molecule has 0 aromatic heterocycles. The zero-order chi connectivity index (χ0) is 13.3. The first kappa shape index (κ1) is 14.0. The van der Waals surface area contributed by atoms with Crippen molar-refractivity contribution in [1.82, 2.24) is 0 Å². The van der Waals surface area contributed by atoms with Gasteiger partial charge in [0.2, 0.25) is 0 Å². The van der Waals surface area contributed by atoms with Gasteiger partial charge in [-0.05, 0) is 30.5 Å². The molecule has 1 aromatic carbocycles. The lowest BCUT2D eigenvalue weighted by Gasteiger charge is -2.32. The summed E-state index contributed by atoms with van der Waals surface area (Å²) in [5.74, 6) is 0.117. The highest BCUT2D eigenvalue weighted by molar-refractivity contribution is 5.31. The average molecular weight is 245 g/mol. The Morgan fingerprint density at radius 2 is 1.76 bits per heavy atom. The smallest absolute Gasteiger partial charge is 0.321 e. The van der Waals surface area contributed by atoms with Crippen molar-refractivity contribution in [3.63, 3.8) is 0 Å². The molecule has 0 bridgehead atoms. The summed E-state index contributed by atoms with van der Waals surface area (Å²) >= 11 is 0. The molecule has 0 heterocycles. The van der Waals surface area contributed by atoms with Crippen LogP contribution in [-0.2, 0) is 11.7 Å². The van der Waals surface area contributed by atoms with E-state index in [4.69, 9.17) is 5.73 Å². The first-order valence-electron chi connectivity index (χ1n) is 5.66. The van der Waals surface area contributed by atoms with Crippen LogP contribution in [0.5, 0.6) is 0 Å². The summed E-state index contributed by atoms with van der Waals surface area (Å²) in [5.41, 5.74) is 5.28. The molecule has 1 rings (SSSR count). The molecule has 0 amide bonds. The molecule has 2 N–H and O–H groups in total. The summed E-state index contributed by atoms with van der Waals surface area (Å²) in [6.07, 6.45) is -3.50. The van der Waals surface area contributed by atoms with Gasteiger partial charge >= 0.3 is 6.18 Å². The first-order valence-corrected chi connectivity index (χ1v) is 5.66. The van der Waals surface area contributed by atoms with E-state index in [2.05, 4.69) is 0 Å². The van der Waals surface area contributed by atoms with Gasteiger partial charge in [0.1, 0.15) is 0 Å². The molecule has 1 nitrogen and oxygen atoms in total. The van der Waals surface area contributed by atoms with Gasteiger partial charge in [-0.3, -0.25) is 0 Å². The fourth-order valence-electron chi connectivity index (χ4n) is 1.74.